The van der Waals surface area contributed by atoms with Gasteiger partial charge in [0.2, 0.25) is 11.9 Å². The number of hydrogen-bond acceptors (Lipinski definition) is 11. The number of guanidine groups is 1. The van der Waals surface area contributed by atoms with Crippen molar-refractivity contribution in [3.05, 3.63) is 94.3 Å². The molecular weight excluding hydrogens is 703 g/mol. The fraction of sp³-hybridized carbons (Fsp3) is 0.314. The number of carbonyl (C=O) groups excluding carboxylic acids is 5. The largest absolute Gasteiger partial charge is 0.444 e. The van der Waals surface area contributed by atoms with Crippen LogP contribution in [-0.2, 0) is 36.7 Å². The summed E-state index contributed by atoms with van der Waals surface area (Å²) in [6.45, 7) is 9.97. The molecular formula is C35H40ClFN6O9. The Hall–Kier alpha value is -5.58. The van der Waals surface area contributed by atoms with Gasteiger partial charge in [-0.2, -0.15) is 5.90 Å². The molecule has 0 unspecified atom stereocenters. The second-order valence-corrected chi connectivity index (χ2v) is 13.5. The summed E-state index contributed by atoms with van der Waals surface area (Å²) >= 11 is 6.38. The molecule has 0 radical (unpaired) electrons. The van der Waals surface area contributed by atoms with E-state index in [0.29, 0.717) is 10.7 Å². The van der Waals surface area contributed by atoms with Gasteiger partial charge in [-0.15, -0.1) is 4.99 Å². The van der Waals surface area contributed by atoms with Gasteiger partial charge < -0.3 is 24.4 Å². The van der Waals surface area contributed by atoms with E-state index in [2.05, 4.69) is 20.5 Å². The highest BCUT2D eigenvalue weighted by atomic mass is 35.5. The topological polar surface area (TPSA) is 214 Å². The molecule has 0 bridgehead atoms. The Labute approximate surface area is 304 Å². The third-order valence-electron chi connectivity index (χ3n) is 6.56. The Morgan fingerprint density at radius 2 is 1.54 bits per heavy atom. The SMILES string of the molecule is CC(C)(C)OC(=O)/N=C(\NC(=O)OC(C)(C)C)Nc1ccc(C(=O)Oc2ccc(CC(=O)N(N)[C@@H](Cc3ccccc3F)C(=O)ON)c(Cl)c2)cc1. The van der Waals surface area contributed by atoms with E-state index in [4.69, 9.17) is 37.6 Å². The van der Waals surface area contributed by atoms with Gasteiger partial charge in [-0.3, -0.25) is 15.1 Å². The predicted octanol–water partition coefficient (Wildman–Crippen LogP) is 5.20. The summed E-state index contributed by atoms with van der Waals surface area (Å²) in [5.41, 5.74) is -0.817. The molecule has 6 N–H and O–H groups in total. The van der Waals surface area contributed by atoms with Gasteiger partial charge in [0.05, 0.1) is 12.0 Å². The highest BCUT2D eigenvalue weighted by Gasteiger charge is 2.31. The Balaban J connectivity index is 1.68. The number of aliphatic imine (C=N–C) groups is 1. The van der Waals surface area contributed by atoms with Crippen LogP contribution in [0.15, 0.2) is 71.7 Å². The molecule has 0 saturated heterocycles. The van der Waals surface area contributed by atoms with E-state index in [-0.39, 0.29) is 46.3 Å². The molecule has 3 amide bonds. The van der Waals surface area contributed by atoms with Crippen LogP contribution in [-0.4, -0.2) is 58.2 Å². The van der Waals surface area contributed by atoms with Crippen molar-refractivity contribution >= 4 is 53.3 Å². The average Bonchev–Trinajstić information content (AvgIpc) is 3.03. The number of benzene rings is 3. The molecule has 3 aromatic carbocycles. The van der Waals surface area contributed by atoms with Crippen LogP contribution in [0.4, 0.5) is 19.7 Å². The lowest BCUT2D eigenvalue weighted by molar-refractivity contribution is -0.155. The summed E-state index contributed by atoms with van der Waals surface area (Å²) < 4.78 is 30.1. The average molecular weight is 743 g/mol. The lowest BCUT2D eigenvalue weighted by Gasteiger charge is -2.25. The first-order chi connectivity index (χ1) is 24.2. The van der Waals surface area contributed by atoms with Crippen LogP contribution < -0.4 is 27.1 Å². The van der Waals surface area contributed by atoms with Crippen LogP contribution in [0.5, 0.6) is 5.75 Å². The minimum Gasteiger partial charge on any atom is -0.444 e. The minimum atomic E-state index is -1.43. The molecule has 0 aliphatic rings. The maximum atomic E-state index is 14.2. The summed E-state index contributed by atoms with van der Waals surface area (Å²) in [7, 11) is 0. The van der Waals surface area contributed by atoms with Crippen molar-refractivity contribution in [2.45, 2.75) is 71.6 Å². The van der Waals surface area contributed by atoms with Gasteiger partial charge in [0, 0.05) is 17.1 Å². The minimum absolute atomic E-state index is 0.0490. The Morgan fingerprint density at radius 1 is 0.904 bits per heavy atom. The van der Waals surface area contributed by atoms with Crippen molar-refractivity contribution in [1.29, 1.82) is 0 Å². The van der Waals surface area contributed by atoms with Gasteiger partial charge >= 0.3 is 24.1 Å². The number of hydrazine groups is 1. The number of nitrogens with two attached hydrogens (primary N) is 2. The molecule has 3 rings (SSSR count). The van der Waals surface area contributed by atoms with Gasteiger partial charge in [0.15, 0.2) is 6.04 Å². The highest BCUT2D eigenvalue weighted by Crippen LogP contribution is 2.25. The predicted molar refractivity (Wildman–Crippen MR) is 188 cm³/mol. The van der Waals surface area contributed by atoms with Gasteiger partial charge in [0.1, 0.15) is 22.8 Å². The Morgan fingerprint density at radius 3 is 2.12 bits per heavy atom. The van der Waals surface area contributed by atoms with Crippen molar-refractivity contribution in [2.75, 3.05) is 5.32 Å². The number of amides is 3. The third-order valence-corrected chi connectivity index (χ3v) is 6.91. The maximum absolute atomic E-state index is 14.2. The van der Waals surface area contributed by atoms with Crippen LogP contribution in [0.1, 0.15) is 63.0 Å². The second-order valence-electron chi connectivity index (χ2n) is 13.1. The van der Waals surface area contributed by atoms with Crippen LogP contribution in [0.2, 0.25) is 5.02 Å². The molecule has 0 spiro atoms. The van der Waals surface area contributed by atoms with Crippen LogP contribution >= 0.6 is 11.6 Å². The van der Waals surface area contributed by atoms with E-state index < -0.39 is 53.1 Å². The molecule has 17 heteroatoms. The van der Waals surface area contributed by atoms with E-state index in [0.717, 1.165) is 0 Å². The number of nitrogens with one attached hydrogen (secondary N) is 2. The van der Waals surface area contributed by atoms with Crippen LogP contribution in [0, 0.1) is 5.82 Å². The monoisotopic (exact) mass is 742 g/mol. The fourth-order valence-corrected chi connectivity index (χ4v) is 4.50. The molecule has 1 atom stereocenters. The number of rotatable bonds is 9. The number of hydrogen-bond donors (Lipinski definition) is 4. The van der Waals surface area contributed by atoms with E-state index >= 15 is 0 Å². The maximum Gasteiger partial charge on any atom is 0.437 e. The van der Waals surface area contributed by atoms with E-state index in [1.165, 1.54) is 60.7 Å². The summed E-state index contributed by atoms with van der Waals surface area (Å²) in [4.78, 5) is 71.0. The summed E-state index contributed by atoms with van der Waals surface area (Å²) in [5, 5.41) is 5.79. The lowest BCUT2D eigenvalue weighted by Crippen LogP contribution is -2.52. The number of nitrogens with zero attached hydrogens (tertiary/aromatic N) is 2. The van der Waals surface area contributed by atoms with Crippen molar-refractivity contribution in [1.82, 2.24) is 10.3 Å². The number of esters is 1. The van der Waals surface area contributed by atoms with Gasteiger partial charge in [-0.25, -0.2) is 29.4 Å². The van der Waals surface area contributed by atoms with Gasteiger partial charge in [-0.05, 0) is 95.1 Å². The normalized spacial score (nSPS) is 12.2. The Kier molecular flexibility index (Phi) is 13.8. The zero-order chi connectivity index (χ0) is 38.8. The van der Waals surface area contributed by atoms with E-state index in [1.54, 1.807) is 47.6 Å². The number of carbonyl (C=O) groups is 5. The summed E-state index contributed by atoms with van der Waals surface area (Å²) in [5.74, 6) is 7.57. The van der Waals surface area contributed by atoms with E-state index in [9.17, 15) is 28.4 Å². The molecule has 0 aromatic heterocycles. The molecule has 0 aliphatic carbocycles. The zero-order valence-corrected chi connectivity index (χ0v) is 30.1. The molecule has 0 saturated carbocycles. The van der Waals surface area contributed by atoms with Crippen LogP contribution in [0.25, 0.3) is 0 Å². The highest BCUT2D eigenvalue weighted by molar-refractivity contribution is 6.31. The third kappa shape index (κ3) is 12.9. The smallest absolute Gasteiger partial charge is 0.437 e. The molecule has 0 aliphatic heterocycles. The number of ether oxygens (including phenoxy) is 3. The Bertz CT molecular complexity index is 1820. The van der Waals surface area contributed by atoms with Gasteiger partial charge in [-0.1, -0.05) is 35.9 Å². The summed E-state index contributed by atoms with van der Waals surface area (Å²) in [6, 6.07) is 14.1. The lowest BCUT2D eigenvalue weighted by atomic mass is 10.0. The van der Waals surface area contributed by atoms with Crippen LogP contribution in [0.3, 0.4) is 0 Å². The van der Waals surface area contributed by atoms with Crippen molar-refractivity contribution < 1.29 is 47.4 Å². The first kappa shape index (κ1) is 40.8. The molecule has 0 fully saturated rings. The zero-order valence-electron chi connectivity index (χ0n) is 29.3. The first-order valence-corrected chi connectivity index (χ1v) is 16.0. The molecule has 52 heavy (non-hydrogen) atoms. The van der Waals surface area contributed by atoms with Crippen molar-refractivity contribution in [2.24, 2.45) is 16.7 Å². The standard InChI is InChI=1S/C35H40ClFN6O9/c1-34(2,3)50-32(47)41-31(42-33(48)51-35(4,5)6)40-23-14-11-20(12-15-23)29(45)49-24-16-13-21(25(36)19-24)18-28(44)43(38)27(30(46)52-39)17-22-9-7-8-10-26(22)37/h7-16,19,27H,17-18,38-39H2,1-6H3,(H2,40,41,42,47,48)/t27-/m0/s1. The number of halogens is 2. The second kappa shape index (κ2) is 17.6. The first-order valence-electron chi connectivity index (χ1n) is 15.6. The fourth-order valence-electron chi connectivity index (χ4n) is 4.26. The quantitative estimate of drug-likeness (QED) is 0.0424. The molecule has 278 valence electrons. The molecule has 15 nitrogen and oxygen atoms in total. The summed E-state index contributed by atoms with van der Waals surface area (Å²) in [6.07, 6.45) is -2.52. The molecule has 3 aromatic rings. The van der Waals surface area contributed by atoms with Crippen molar-refractivity contribution in [3.8, 4) is 5.75 Å². The van der Waals surface area contributed by atoms with Gasteiger partial charge in [0.25, 0.3) is 0 Å². The number of alkyl carbamates (subject to hydrolysis) is 1. The van der Waals surface area contributed by atoms with E-state index in [1.807, 2.05) is 0 Å². The van der Waals surface area contributed by atoms with Crippen molar-refractivity contribution in [3.63, 3.8) is 0 Å². The number of anilines is 1. The molecule has 0 heterocycles.